The highest BCUT2D eigenvalue weighted by Crippen LogP contribution is 2.23. The van der Waals surface area contributed by atoms with Crippen LogP contribution in [0.5, 0.6) is 0 Å². The number of hydrogen-bond donors (Lipinski definition) is 1. The van der Waals surface area contributed by atoms with E-state index >= 15 is 0 Å². The van der Waals surface area contributed by atoms with Gasteiger partial charge in [0.1, 0.15) is 0 Å². The minimum atomic E-state index is -0.0650. The van der Waals surface area contributed by atoms with Crippen molar-refractivity contribution in [1.29, 1.82) is 0 Å². The normalized spacial score (nSPS) is 14.1. The van der Waals surface area contributed by atoms with Gasteiger partial charge in [0, 0.05) is 49.0 Å². The fraction of sp³-hybridized carbons (Fsp3) is 0.438. The molecule has 0 unspecified atom stereocenters. The second-order valence-electron chi connectivity index (χ2n) is 5.94. The number of nitrogens with zero attached hydrogens (tertiary/aromatic N) is 4. The third-order valence-electron chi connectivity index (χ3n) is 4.39. The fourth-order valence-corrected chi connectivity index (χ4v) is 3.96. The zero-order valence-corrected chi connectivity index (χ0v) is 13.9. The molecule has 3 aromatic rings. The van der Waals surface area contributed by atoms with Gasteiger partial charge >= 0.3 is 0 Å². The predicted molar refractivity (Wildman–Crippen MR) is 89.0 cm³/mol. The largest absolute Gasteiger partial charge is 0.350 e. The minimum absolute atomic E-state index is 0.0650. The second-order valence-corrected chi connectivity index (χ2v) is 6.81. The summed E-state index contributed by atoms with van der Waals surface area (Å²) in [6, 6.07) is 0. The van der Waals surface area contributed by atoms with Crippen LogP contribution in [0.3, 0.4) is 0 Å². The summed E-state index contributed by atoms with van der Waals surface area (Å²) in [4.78, 5) is 17.9. The van der Waals surface area contributed by atoms with Gasteiger partial charge in [0.05, 0.1) is 5.69 Å². The van der Waals surface area contributed by atoms with Crippen molar-refractivity contribution in [3.8, 4) is 0 Å². The fourth-order valence-electron chi connectivity index (χ4n) is 3.24. The molecule has 0 atom stereocenters. The topological polar surface area (TPSA) is 64.2 Å². The Kier molecular flexibility index (Phi) is 3.65. The molecule has 0 bridgehead atoms. The summed E-state index contributed by atoms with van der Waals surface area (Å²) in [5.74, 6) is -0.0650. The average Bonchev–Trinajstić information content (AvgIpc) is 3.21. The number of amides is 1. The van der Waals surface area contributed by atoms with Crippen LogP contribution in [0.15, 0.2) is 17.8 Å². The molecule has 6 nitrogen and oxygen atoms in total. The van der Waals surface area contributed by atoms with E-state index in [1.807, 2.05) is 33.9 Å². The summed E-state index contributed by atoms with van der Waals surface area (Å²) < 4.78 is 3.88. The number of nitrogens with one attached hydrogen (secondary N) is 1. The van der Waals surface area contributed by atoms with Gasteiger partial charge in [0.2, 0.25) is 0 Å². The van der Waals surface area contributed by atoms with Crippen molar-refractivity contribution in [2.75, 3.05) is 6.54 Å². The Balaban J connectivity index is 1.41. The van der Waals surface area contributed by atoms with Crippen molar-refractivity contribution in [3.05, 3.63) is 40.4 Å². The first kappa shape index (κ1) is 14.4. The third kappa shape index (κ3) is 2.65. The Bertz CT molecular complexity index is 831. The standard InChI is InChI=1S/C16H19N5OS/c1-20-13-5-3-2-4-12(13)14(19-20)15(22)17-7-6-11-10-21-8-9-23-16(21)18-11/h8-10H,2-7H2,1H3,(H,17,22). The molecule has 120 valence electrons. The van der Waals surface area contributed by atoms with E-state index < -0.39 is 0 Å². The van der Waals surface area contributed by atoms with E-state index in [9.17, 15) is 4.79 Å². The quantitative estimate of drug-likeness (QED) is 0.796. The summed E-state index contributed by atoms with van der Waals surface area (Å²) in [6.45, 7) is 0.578. The molecule has 1 aliphatic carbocycles. The molecule has 1 amide bonds. The molecule has 0 aliphatic heterocycles. The van der Waals surface area contributed by atoms with Crippen molar-refractivity contribution in [2.24, 2.45) is 7.05 Å². The van der Waals surface area contributed by atoms with E-state index in [4.69, 9.17) is 0 Å². The maximum Gasteiger partial charge on any atom is 0.272 e. The molecule has 0 radical (unpaired) electrons. The molecule has 0 aromatic carbocycles. The van der Waals surface area contributed by atoms with Crippen molar-refractivity contribution in [2.45, 2.75) is 32.1 Å². The Morgan fingerprint density at radius 1 is 1.39 bits per heavy atom. The summed E-state index contributed by atoms with van der Waals surface area (Å²) in [7, 11) is 1.93. The van der Waals surface area contributed by atoms with Gasteiger partial charge in [-0.3, -0.25) is 13.9 Å². The van der Waals surface area contributed by atoms with Crippen LogP contribution in [0.4, 0.5) is 0 Å². The molecule has 0 fully saturated rings. The Morgan fingerprint density at radius 3 is 3.13 bits per heavy atom. The molecule has 3 aromatic heterocycles. The van der Waals surface area contributed by atoms with E-state index in [-0.39, 0.29) is 5.91 Å². The van der Waals surface area contributed by atoms with Crippen LogP contribution >= 0.6 is 11.3 Å². The molecular formula is C16H19N5OS. The number of aromatic nitrogens is 4. The van der Waals surface area contributed by atoms with Crippen molar-refractivity contribution < 1.29 is 4.79 Å². The first-order valence-electron chi connectivity index (χ1n) is 7.96. The highest BCUT2D eigenvalue weighted by molar-refractivity contribution is 7.15. The van der Waals surface area contributed by atoms with Crippen LogP contribution in [0.2, 0.25) is 0 Å². The molecule has 1 N–H and O–H groups in total. The average molecular weight is 329 g/mol. The van der Waals surface area contributed by atoms with Gasteiger partial charge in [-0.25, -0.2) is 4.98 Å². The van der Waals surface area contributed by atoms with Gasteiger partial charge < -0.3 is 5.32 Å². The Labute approximate surface area is 138 Å². The molecule has 3 heterocycles. The highest BCUT2D eigenvalue weighted by atomic mass is 32.1. The summed E-state index contributed by atoms with van der Waals surface area (Å²) >= 11 is 1.61. The van der Waals surface area contributed by atoms with Crippen LogP contribution in [0.1, 0.15) is 40.3 Å². The van der Waals surface area contributed by atoms with Gasteiger partial charge in [0.15, 0.2) is 10.7 Å². The number of carbonyl (C=O) groups excluding carboxylic acids is 1. The molecule has 4 rings (SSSR count). The molecule has 1 aliphatic rings. The first-order chi connectivity index (χ1) is 11.2. The molecule has 0 spiro atoms. The van der Waals surface area contributed by atoms with Gasteiger partial charge in [-0.15, -0.1) is 11.3 Å². The molecular weight excluding hydrogens is 310 g/mol. The van der Waals surface area contributed by atoms with E-state index in [1.165, 1.54) is 12.1 Å². The number of rotatable bonds is 4. The zero-order valence-electron chi connectivity index (χ0n) is 13.1. The van der Waals surface area contributed by atoms with Gasteiger partial charge in [-0.1, -0.05) is 0 Å². The lowest BCUT2D eigenvalue weighted by molar-refractivity contribution is 0.0947. The second kappa shape index (κ2) is 5.81. The molecule has 7 heteroatoms. The number of carbonyl (C=O) groups is 1. The van der Waals surface area contributed by atoms with Gasteiger partial charge in [-0.2, -0.15) is 5.10 Å². The van der Waals surface area contributed by atoms with E-state index in [0.717, 1.165) is 41.9 Å². The van der Waals surface area contributed by atoms with Crippen LogP contribution in [-0.2, 0) is 26.3 Å². The summed E-state index contributed by atoms with van der Waals surface area (Å²) in [5, 5.41) is 9.43. The van der Waals surface area contributed by atoms with E-state index in [2.05, 4.69) is 15.4 Å². The SMILES string of the molecule is Cn1nc(C(=O)NCCc2cn3ccsc3n2)c2c1CCCC2. The predicted octanol–water partition coefficient (Wildman–Crippen LogP) is 1.98. The lowest BCUT2D eigenvalue weighted by atomic mass is 9.95. The molecule has 0 saturated heterocycles. The number of aryl methyl sites for hydroxylation is 1. The lowest BCUT2D eigenvalue weighted by Gasteiger charge is -2.12. The van der Waals surface area contributed by atoms with Gasteiger partial charge in [-0.05, 0) is 25.7 Å². The van der Waals surface area contributed by atoms with Crippen LogP contribution in [-0.4, -0.2) is 31.6 Å². The number of hydrogen-bond acceptors (Lipinski definition) is 4. The van der Waals surface area contributed by atoms with Crippen LogP contribution in [0.25, 0.3) is 4.96 Å². The minimum Gasteiger partial charge on any atom is -0.350 e. The first-order valence-corrected chi connectivity index (χ1v) is 8.84. The summed E-state index contributed by atoms with van der Waals surface area (Å²) in [6.07, 6.45) is 9.06. The zero-order chi connectivity index (χ0) is 15.8. The lowest BCUT2D eigenvalue weighted by Crippen LogP contribution is -2.27. The third-order valence-corrected chi connectivity index (χ3v) is 5.16. The Morgan fingerprint density at radius 2 is 2.26 bits per heavy atom. The van der Waals surface area contributed by atoms with Crippen LogP contribution in [0, 0.1) is 0 Å². The maximum atomic E-state index is 12.4. The number of fused-ring (bicyclic) bond motifs is 2. The number of thiazole rings is 1. The van der Waals surface area contributed by atoms with Crippen molar-refractivity contribution in [1.82, 2.24) is 24.5 Å². The van der Waals surface area contributed by atoms with E-state index in [0.29, 0.717) is 12.2 Å². The Hall–Kier alpha value is -2.15. The van der Waals surface area contributed by atoms with Crippen LogP contribution < -0.4 is 5.32 Å². The van der Waals surface area contributed by atoms with E-state index in [1.54, 1.807) is 11.3 Å². The summed E-state index contributed by atoms with van der Waals surface area (Å²) in [5.41, 5.74) is 3.96. The number of imidazole rings is 1. The molecule has 0 saturated carbocycles. The molecule has 23 heavy (non-hydrogen) atoms. The van der Waals surface area contributed by atoms with Crippen molar-refractivity contribution >= 4 is 22.2 Å². The van der Waals surface area contributed by atoms with Crippen molar-refractivity contribution in [3.63, 3.8) is 0 Å². The smallest absolute Gasteiger partial charge is 0.272 e. The monoisotopic (exact) mass is 329 g/mol. The highest BCUT2D eigenvalue weighted by Gasteiger charge is 2.23. The van der Waals surface area contributed by atoms with Gasteiger partial charge in [0.25, 0.3) is 5.91 Å². The maximum absolute atomic E-state index is 12.4.